The molecule has 3 atom stereocenters. The lowest BCUT2D eigenvalue weighted by molar-refractivity contribution is 0.0511. The molecule has 2 aromatic rings. The first kappa shape index (κ1) is 31.9. The molecule has 0 aromatic heterocycles. The molecule has 0 bridgehead atoms. The zero-order valence-corrected chi connectivity index (χ0v) is 26.4. The Labute approximate surface area is 272 Å². The molecule has 0 aliphatic carbocycles. The van der Waals surface area contributed by atoms with Crippen LogP contribution in [0.4, 0.5) is 16.2 Å². The van der Waals surface area contributed by atoms with E-state index in [0.717, 1.165) is 22.5 Å². The third kappa shape index (κ3) is 5.98. The van der Waals surface area contributed by atoms with Crippen LogP contribution in [0.2, 0.25) is 0 Å². The summed E-state index contributed by atoms with van der Waals surface area (Å²) in [6, 6.07) is 5.45. The number of methoxy groups -OCH3 is 2. The molecule has 3 amide bonds. The quantitative estimate of drug-likeness (QED) is 0.283. The third-order valence-corrected chi connectivity index (χ3v) is 8.89. The van der Waals surface area contributed by atoms with Crippen LogP contribution in [0, 0.1) is 0 Å². The molecule has 6 rings (SSSR count). The number of carboxylic acid groups (broad SMARTS) is 1. The van der Waals surface area contributed by atoms with Gasteiger partial charge in [-0.2, -0.15) is 0 Å². The maximum absolute atomic E-state index is 13.4. The van der Waals surface area contributed by atoms with E-state index in [1.807, 2.05) is 0 Å². The van der Waals surface area contributed by atoms with Gasteiger partial charge in [-0.25, -0.2) is 9.69 Å². The molecule has 0 spiro atoms. The van der Waals surface area contributed by atoms with E-state index in [1.54, 1.807) is 23.2 Å². The number of unbranched alkanes of at least 4 members (excludes halogenated alkanes) is 2. The minimum absolute atomic E-state index is 0.0331. The molecule has 2 saturated heterocycles. The number of hydrogen-bond donors (Lipinski definition) is 2. The van der Waals surface area contributed by atoms with Gasteiger partial charge in [-0.1, -0.05) is 24.3 Å². The number of hydrogen-bond acceptors (Lipinski definition) is 9. The van der Waals surface area contributed by atoms with Crippen molar-refractivity contribution in [3.8, 4) is 23.0 Å². The second-order valence-corrected chi connectivity index (χ2v) is 12.1. The highest BCUT2D eigenvalue weighted by Crippen LogP contribution is 2.42. The van der Waals surface area contributed by atoms with Crippen LogP contribution in [0.5, 0.6) is 23.0 Å². The van der Waals surface area contributed by atoms with Crippen molar-refractivity contribution in [2.24, 2.45) is 4.99 Å². The Kier molecular flexibility index (Phi) is 8.82. The van der Waals surface area contributed by atoms with E-state index in [4.69, 9.17) is 18.9 Å². The molecule has 248 valence electrons. The first-order valence-corrected chi connectivity index (χ1v) is 15.5. The van der Waals surface area contributed by atoms with E-state index >= 15 is 0 Å². The van der Waals surface area contributed by atoms with Crippen molar-refractivity contribution in [2.75, 3.05) is 45.4 Å². The van der Waals surface area contributed by atoms with Crippen molar-refractivity contribution >= 4 is 35.5 Å². The second-order valence-electron chi connectivity index (χ2n) is 12.1. The molecule has 2 aromatic carbocycles. The highest BCUT2D eigenvalue weighted by Gasteiger charge is 2.46. The van der Waals surface area contributed by atoms with Gasteiger partial charge in [0.2, 0.25) is 0 Å². The second kappa shape index (κ2) is 13.0. The average Bonchev–Trinajstić information content (AvgIpc) is 3.58. The summed E-state index contributed by atoms with van der Waals surface area (Å²) >= 11 is 0. The number of aliphatic hydroxyl groups excluding tert-OH is 1. The number of anilines is 1. The lowest BCUT2D eigenvalue weighted by atomic mass is 10.1. The molecule has 2 N–H and O–H groups in total. The van der Waals surface area contributed by atoms with Crippen molar-refractivity contribution in [3.63, 3.8) is 0 Å². The van der Waals surface area contributed by atoms with Crippen LogP contribution >= 0.6 is 0 Å². The van der Waals surface area contributed by atoms with E-state index in [0.29, 0.717) is 61.6 Å². The number of aliphatic imine (C=N–C) groups is 1. The Bertz CT molecular complexity index is 1670. The molecule has 13 heteroatoms. The van der Waals surface area contributed by atoms with Crippen molar-refractivity contribution in [1.82, 2.24) is 9.80 Å². The molecule has 2 fully saturated rings. The number of ether oxygens (including phenoxy) is 4. The highest BCUT2D eigenvalue weighted by atomic mass is 16.5. The van der Waals surface area contributed by atoms with Crippen molar-refractivity contribution < 1.29 is 43.5 Å². The van der Waals surface area contributed by atoms with E-state index in [2.05, 4.69) is 18.2 Å². The largest absolute Gasteiger partial charge is 0.493 e. The van der Waals surface area contributed by atoms with Gasteiger partial charge in [0.05, 0.1) is 62.0 Å². The molecule has 4 heterocycles. The van der Waals surface area contributed by atoms with E-state index in [1.165, 1.54) is 31.3 Å². The van der Waals surface area contributed by atoms with Crippen LogP contribution in [-0.4, -0.2) is 103 Å². The van der Waals surface area contributed by atoms with Gasteiger partial charge in [-0.15, -0.1) is 0 Å². The normalized spacial score (nSPS) is 21.5. The number of rotatable bonds is 10. The zero-order valence-electron chi connectivity index (χ0n) is 26.4. The summed E-state index contributed by atoms with van der Waals surface area (Å²) in [6.07, 6.45) is 2.02. The maximum Gasteiger partial charge on any atom is 0.414 e. The van der Waals surface area contributed by atoms with Gasteiger partial charge in [0, 0.05) is 31.4 Å². The Morgan fingerprint density at radius 3 is 2.11 bits per heavy atom. The Hall–Kier alpha value is -5.04. The summed E-state index contributed by atoms with van der Waals surface area (Å²) in [6.45, 7) is 9.36. The lowest BCUT2D eigenvalue weighted by Gasteiger charge is -2.30. The molecule has 0 unspecified atom stereocenters. The van der Waals surface area contributed by atoms with E-state index in [9.17, 15) is 24.6 Å². The molecule has 13 nitrogen and oxygen atoms in total. The van der Waals surface area contributed by atoms with Gasteiger partial charge >= 0.3 is 6.09 Å². The van der Waals surface area contributed by atoms with Crippen LogP contribution in [0.1, 0.15) is 52.8 Å². The predicted molar refractivity (Wildman–Crippen MR) is 173 cm³/mol. The smallest absolute Gasteiger partial charge is 0.414 e. The number of fused-ring (bicyclic) bond motifs is 4. The number of amides is 3. The van der Waals surface area contributed by atoms with Gasteiger partial charge in [0.15, 0.2) is 29.2 Å². The van der Waals surface area contributed by atoms with E-state index in [-0.39, 0.29) is 47.9 Å². The van der Waals surface area contributed by atoms with Gasteiger partial charge in [-0.05, 0) is 44.2 Å². The highest BCUT2D eigenvalue weighted by molar-refractivity contribution is 6.06. The Morgan fingerprint density at radius 2 is 1.45 bits per heavy atom. The Morgan fingerprint density at radius 1 is 0.851 bits per heavy atom. The molecular formula is C34H38N4O9. The van der Waals surface area contributed by atoms with Crippen LogP contribution in [0.3, 0.4) is 0 Å². The number of aliphatic hydroxyl groups is 1. The van der Waals surface area contributed by atoms with Crippen LogP contribution < -0.4 is 23.8 Å². The SMILES string of the molecule is C=C1C[C@H]2C=Nc3cc(OCCCCCOc4cc5c(cc4OC)C(=O)N4CC(=C)C[C@H]4[C@H](O)N5C(=O)O)c(OC)cc3C(=O)N2C1. The fourth-order valence-corrected chi connectivity index (χ4v) is 6.55. The molecule has 4 aliphatic heterocycles. The van der Waals surface area contributed by atoms with Crippen LogP contribution in [0.15, 0.2) is 53.6 Å². The molecule has 47 heavy (non-hydrogen) atoms. The minimum Gasteiger partial charge on any atom is -0.493 e. The third-order valence-electron chi connectivity index (χ3n) is 8.89. The summed E-state index contributed by atoms with van der Waals surface area (Å²) in [5.41, 5.74) is 2.87. The topological polar surface area (TPSA) is 151 Å². The molecular weight excluding hydrogens is 608 g/mol. The van der Waals surface area contributed by atoms with Gasteiger partial charge in [0.25, 0.3) is 11.8 Å². The van der Waals surface area contributed by atoms with Crippen molar-refractivity contribution in [2.45, 2.75) is 50.4 Å². The number of nitrogens with zero attached hydrogens (tertiary/aromatic N) is 4. The Balaban J connectivity index is 1.07. The monoisotopic (exact) mass is 646 g/mol. The summed E-state index contributed by atoms with van der Waals surface area (Å²) in [5.74, 6) is 0.966. The van der Waals surface area contributed by atoms with Gasteiger partial charge in [0.1, 0.15) is 0 Å². The first-order valence-electron chi connectivity index (χ1n) is 15.5. The average molecular weight is 647 g/mol. The number of carbonyl (C=O) groups excluding carboxylic acids is 2. The summed E-state index contributed by atoms with van der Waals surface area (Å²) < 4.78 is 23.0. The van der Waals surface area contributed by atoms with Crippen molar-refractivity contribution in [1.29, 1.82) is 0 Å². The maximum atomic E-state index is 13.4. The number of carbonyl (C=O) groups is 3. The summed E-state index contributed by atoms with van der Waals surface area (Å²) in [5, 5.41) is 21.0. The first-order chi connectivity index (χ1) is 22.6. The number of benzene rings is 2. The van der Waals surface area contributed by atoms with Gasteiger partial charge in [-0.3, -0.25) is 14.6 Å². The van der Waals surface area contributed by atoms with Gasteiger partial charge < -0.3 is 39.0 Å². The summed E-state index contributed by atoms with van der Waals surface area (Å²) in [4.78, 5) is 47.5. The molecule has 0 saturated carbocycles. The summed E-state index contributed by atoms with van der Waals surface area (Å²) in [7, 11) is 2.97. The standard InChI is InChI=1S/C34H38N4O9/c1-19-10-21-16-35-24-14-29(27(44-3)12-22(24)31(39)36(21)17-19)46-8-6-5-7-9-47-30-15-25-23(13-28(30)45-4)32(40)37-18-20(2)11-26(37)33(41)38(25)34(42)43/h12-16,21,26,33,41H,1-2,5-11,17-18H2,3-4H3,(H,42,43)/t21-,26-,33-/m0/s1. The van der Waals surface area contributed by atoms with Crippen molar-refractivity contribution in [3.05, 3.63) is 59.7 Å². The fourth-order valence-electron chi connectivity index (χ4n) is 6.55. The fraction of sp³-hybridized carbons (Fsp3) is 0.412. The van der Waals surface area contributed by atoms with E-state index < -0.39 is 24.3 Å². The molecule has 4 aliphatic rings. The van der Waals surface area contributed by atoms with Crippen LogP contribution in [0.25, 0.3) is 0 Å². The lowest BCUT2D eigenvalue weighted by Crippen LogP contribution is -2.50. The minimum atomic E-state index is -1.47. The molecule has 0 radical (unpaired) electrons. The van der Waals surface area contributed by atoms with Crippen LogP contribution in [-0.2, 0) is 0 Å². The zero-order chi connectivity index (χ0) is 33.4. The predicted octanol–water partition coefficient (Wildman–Crippen LogP) is 4.41.